The Hall–Kier alpha value is -4.10. The van der Waals surface area contributed by atoms with Gasteiger partial charge in [-0.25, -0.2) is 0 Å². The van der Waals surface area contributed by atoms with Gasteiger partial charge in [-0.15, -0.1) is 0 Å². The van der Waals surface area contributed by atoms with Crippen LogP contribution in [0.2, 0.25) is 0 Å². The zero-order chi connectivity index (χ0) is 26.1. The van der Waals surface area contributed by atoms with E-state index in [2.05, 4.69) is 18.2 Å². The summed E-state index contributed by atoms with van der Waals surface area (Å²) in [4.78, 5) is 41.7. The van der Waals surface area contributed by atoms with Crippen molar-refractivity contribution in [3.63, 3.8) is 0 Å². The maximum Gasteiger partial charge on any atom is 0.294 e. The molecule has 2 heterocycles. The fourth-order valence-electron chi connectivity index (χ4n) is 5.09. The molecule has 6 nitrogen and oxygen atoms in total. The molecule has 0 aromatic heterocycles. The molecule has 3 amide bonds. The number of thioether (sulfide) groups is 1. The van der Waals surface area contributed by atoms with Crippen LogP contribution in [0.15, 0.2) is 83.8 Å². The lowest BCUT2D eigenvalue weighted by Crippen LogP contribution is -2.40. The first-order valence-corrected chi connectivity index (χ1v) is 13.5. The smallest absolute Gasteiger partial charge is 0.294 e. The second-order valence-electron chi connectivity index (χ2n) is 9.48. The molecule has 0 spiro atoms. The molecule has 0 N–H and O–H groups in total. The Labute approximate surface area is 224 Å². The van der Waals surface area contributed by atoms with E-state index in [1.54, 1.807) is 11.0 Å². The van der Waals surface area contributed by atoms with Crippen LogP contribution in [0.25, 0.3) is 27.6 Å². The molecular weight excluding hydrogens is 496 g/mol. The van der Waals surface area contributed by atoms with Crippen LogP contribution in [-0.4, -0.2) is 46.5 Å². The highest BCUT2D eigenvalue weighted by atomic mass is 32.2. The molecule has 0 saturated carbocycles. The summed E-state index contributed by atoms with van der Waals surface area (Å²) in [5.74, 6) is -0.00705. The minimum atomic E-state index is -0.444. The summed E-state index contributed by atoms with van der Waals surface area (Å²) in [5, 5.41) is 3.76. The predicted octanol–water partition coefficient (Wildman–Crippen LogP) is 6.23. The molecule has 0 bridgehead atoms. The van der Waals surface area contributed by atoms with Crippen molar-refractivity contribution >= 4 is 56.4 Å². The number of benzene rings is 4. The SMILES string of the molecule is O=C(CN1C(=O)S/C(=C\c2c(OCc3cccc4ccccc34)ccc3ccccc23)C1=O)N1CCCC1. The van der Waals surface area contributed by atoms with Crippen molar-refractivity contribution in [1.82, 2.24) is 9.80 Å². The average molecular weight is 523 g/mol. The maximum atomic E-state index is 13.2. The van der Waals surface area contributed by atoms with E-state index in [9.17, 15) is 14.4 Å². The number of carbonyl (C=O) groups is 3. The molecule has 190 valence electrons. The van der Waals surface area contributed by atoms with Gasteiger partial charge in [-0.2, -0.15) is 0 Å². The largest absolute Gasteiger partial charge is 0.488 e. The number of imide groups is 1. The lowest BCUT2D eigenvalue weighted by Gasteiger charge is -2.18. The highest BCUT2D eigenvalue weighted by molar-refractivity contribution is 8.18. The van der Waals surface area contributed by atoms with Gasteiger partial charge < -0.3 is 9.64 Å². The first-order valence-electron chi connectivity index (χ1n) is 12.7. The topological polar surface area (TPSA) is 66.9 Å². The second kappa shape index (κ2) is 10.3. The van der Waals surface area contributed by atoms with Gasteiger partial charge >= 0.3 is 0 Å². The van der Waals surface area contributed by atoms with Gasteiger partial charge in [0, 0.05) is 18.7 Å². The van der Waals surface area contributed by atoms with Crippen LogP contribution in [-0.2, 0) is 16.2 Å². The molecule has 4 aromatic carbocycles. The van der Waals surface area contributed by atoms with E-state index in [1.807, 2.05) is 60.7 Å². The molecule has 2 aliphatic heterocycles. The first-order chi connectivity index (χ1) is 18.6. The molecular formula is C31H26N2O4S. The summed E-state index contributed by atoms with van der Waals surface area (Å²) in [5.41, 5.74) is 1.79. The number of ether oxygens (including phenoxy) is 1. The summed E-state index contributed by atoms with van der Waals surface area (Å²) in [6, 6.07) is 26.1. The van der Waals surface area contributed by atoms with Gasteiger partial charge in [0.2, 0.25) is 5.91 Å². The highest BCUT2D eigenvalue weighted by Crippen LogP contribution is 2.37. The summed E-state index contributed by atoms with van der Waals surface area (Å²) in [6.07, 6.45) is 3.64. The molecule has 0 atom stereocenters. The molecule has 4 aromatic rings. The predicted molar refractivity (Wildman–Crippen MR) is 151 cm³/mol. The number of hydrogen-bond acceptors (Lipinski definition) is 5. The van der Waals surface area contributed by atoms with E-state index in [4.69, 9.17) is 4.74 Å². The molecule has 6 rings (SSSR count). The first kappa shape index (κ1) is 24.2. The quantitative estimate of drug-likeness (QED) is 0.281. The molecule has 38 heavy (non-hydrogen) atoms. The Morgan fingerprint density at radius 1 is 0.842 bits per heavy atom. The number of likely N-dealkylation sites (tertiary alicyclic amines) is 1. The van der Waals surface area contributed by atoms with Crippen LogP contribution in [0.4, 0.5) is 4.79 Å². The van der Waals surface area contributed by atoms with E-state index in [0.717, 1.165) is 62.2 Å². The summed E-state index contributed by atoms with van der Waals surface area (Å²) in [7, 11) is 0. The Bertz CT molecular complexity index is 1600. The van der Waals surface area contributed by atoms with Crippen molar-refractivity contribution in [3.8, 4) is 5.75 Å². The van der Waals surface area contributed by atoms with Crippen LogP contribution in [0, 0.1) is 0 Å². The summed E-state index contributed by atoms with van der Waals surface area (Å²) < 4.78 is 6.35. The van der Waals surface area contributed by atoms with Gasteiger partial charge in [-0.3, -0.25) is 19.3 Å². The van der Waals surface area contributed by atoms with E-state index in [1.165, 1.54) is 0 Å². The van der Waals surface area contributed by atoms with Gasteiger partial charge in [0.25, 0.3) is 11.1 Å². The zero-order valence-electron chi connectivity index (χ0n) is 20.8. The van der Waals surface area contributed by atoms with Crippen molar-refractivity contribution in [3.05, 3.63) is 94.9 Å². The number of fused-ring (bicyclic) bond motifs is 2. The normalized spacial score (nSPS) is 16.8. The van der Waals surface area contributed by atoms with Crippen molar-refractivity contribution < 1.29 is 19.1 Å². The molecule has 0 radical (unpaired) electrons. The number of nitrogens with zero attached hydrogens (tertiary/aromatic N) is 2. The monoisotopic (exact) mass is 522 g/mol. The van der Waals surface area contributed by atoms with Crippen molar-refractivity contribution in [1.29, 1.82) is 0 Å². The molecule has 2 aliphatic rings. The minimum Gasteiger partial charge on any atom is -0.488 e. The zero-order valence-corrected chi connectivity index (χ0v) is 21.6. The lowest BCUT2D eigenvalue weighted by atomic mass is 10.0. The Morgan fingerprint density at radius 2 is 1.53 bits per heavy atom. The van der Waals surface area contributed by atoms with Crippen LogP contribution in [0.5, 0.6) is 5.75 Å². The third-order valence-corrected chi connectivity index (χ3v) is 8.00. The van der Waals surface area contributed by atoms with Crippen LogP contribution in [0.1, 0.15) is 24.0 Å². The standard InChI is InChI=1S/C31H26N2O4S/c34-29(32-16-5-6-17-32)19-33-30(35)28(38-31(33)36)18-26-25-13-4-2-9-22(25)14-15-27(26)37-20-23-11-7-10-21-8-1-3-12-24(21)23/h1-4,7-15,18H,5-6,16-17,19-20H2/b28-18-. The van der Waals surface area contributed by atoms with Crippen molar-refractivity contribution in [2.45, 2.75) is 19.4 Å². The number of hydrogen-bond donors (Lipinski definition) is 0. The summed E-state index contributed by atoms with van der Waals surface area (Å²) >= 11 is 0.867. The van der Waals surface area contributed by atoms with Gasteiger partial charge in [0.15, 0.2) is 0 Å². The molecule has 0 unspecified atom stereocenters. The maximum absolute atomic E-state index is 13.2. The van der Waals surface area contributed by atoms with Gasteiger partial charge in [0.05, 0.1) is 4.91 Å². The van der Waals surface area contributed by atoms with Gasteiger partial charge in [-0.1, -0.05) is 72.8 Å². The third kappa shape index (κ3) is 4.65. The van der Waals surface area contributed by atoms with E-state index in [-0.39, 0.29) is 17.4 Å². The highest BCUT2D eigenvalue weighted by Gasteiger charge is 2.37. The third-order valence-electron chi connectivity index (χ3n) is 7.09. The van der Waals surface area contributed by atoms with Gasteiger partial charge in [-0.05, 0) is 63.9 Å². The van der Waals surface area contributed by atoms with Crippen LogP contribution >= 0.6 is 11.8 Å². The fraction of sp³-hybridized carbons (Fsp3) is 0.194. The molecule has 2 fully saturated rings. The van der Waals surface area contributed by atoms with Crippen molar-refractivity contribution in [2.75, 3.05) is 19.6 Å². The average Bonchev–Trinajstić information content (AvgIpc) is 3.58. The second-order valence-corrected chi connectivity index (χ2v) is 10.5. The van der Waals surface area contributed by atoms with Crippen LogP contribution < -0.4 is 4.74 Å². The lowest BCUT2D eigenvalue weighted by molar-refractivity contribution is -0.135. The van der Waals surface area contributed by atoms with E-state index in [0.29, 0.717) is 25.4 Å². The summed E-state index contributed by atoms with van der Waals surface area (Å²) in [6.45, 7) is 1.49. The molecule has 2 saturated heterocycles. The van der Waals surface area contributed by atoms with E-state index < -0.39 is 11.1 Å². The number of rotatable bonds is 6. The van der Waals surface area contributed by atoms with Crippen LogP contribution in [0.3, 0.4) is 0 Å². The Morgan fingerprint density at radius 3 is 2.32 bits per heavy atom. The molecule has 7 heteroatoms. The van der Waals surface area contributed by atoms with E-state index >= 15 is 0 Å². The van der Waals surface area contributed by atoms with Crippen molar-refractivity contribution in [2.24, 2.45) is 0 Å². The number of amides is 3. The fourth-order valence-corrected chi connectivity index (χ4v) is 5.91. The number of carbonyl (C=O) groups excluding carboxylic acids is 3. The Balaban J connectivity index is 1.31. The van der Waals surface area contributed by atoms with Gasteiger partial charge in [0.1, 0.15) is 18.9 Å². The Kier molecular flexibility index (Phi) is 6.60. The minimum absolute atomic E-state index is 0.185. The molecule has 0 aliphatic carbocycles.